The van der Waals surface area contributed by atoms with E-state index < -0.39 is 0 Å². The highest BCUT2D eigenvalue weighted by Gasteiger charge is 2.71. The molecular weight excluding hydrogens is 368 g/mol. The van der Waals surface area contributed by atoms with Crippen molar-refractivity contribution in [3.63, 3.8) is 0 Å². The van der Waals surface area contributed by atoms with E-state index in [1.807, 2.05) is 0 Å². The number of rotatable bonds is 3. The van der Waals surface area contributed by atoms with Crippen molar-refractivity contribution in [2.45, 2.75) is 68.7 Å². The first-order valence-electron chi connectivity index (χ1n) is 11.2. The highest BCUT2D eigenvalue weighted by atomic mass is 16.5. The molecule has 4 heterocycles. The van der Waals surface area contributed by atoms with Crippen molar-refractivity contribution in [2.75, 3.05) is 38.3 Å². The summed E-state index contributed by atoms with van der Waals surface area (Å²) < 4.78 is 11.9. The molecule has 1 aromatic carbocycles. The first-order valence-corrected chi connectivity index (χ1v) is 11.2. The molecule has 5 aliphatic rings. The standard InChI is InChI=1S/C23H32N2O4/c1-14-13-29-20-16(28-2)5-4-15-19(20)25(14)17-12-18(27)22(8-11-26)6-3-9-24-10-7-23(15,17)21(22)24/h4-5,14,17-18,21,26-27H,3,6-13H2,1-2H3/t14-,17-,18+,21-,22+,23-/m1/s1. The highest BCUT2D eigenvalue weighted by molar-refractivity contribution is 5.78. The molecule has 0 bridgehead atoms. The van der Waals surface area contributed by atoms with Crippen molar-refractivity contribution < 1.29 is 19.7 Å². The van der Waals surface area contributed by atoms with E-state index >= 15 is 0 Å². The lowest BCUT2D eigenvalue weighted by Gasteiger charge is -2.61. The zero-order valence-corrected chi connectivity index (χ0v) is 17.4. The number of anilines is 1. The molecule has 1 aromatic rings. The fraction of sp³-hybridized carbons (Fsp3) is 0.739. The molecule has 0 radical (unpaired) electrons. The van der Waals surface area contributed by atoms with E-state index in [0.717, 1.165) is 50.3 Å². The van der Waals surface area contributed by atoms with Crippen molar-refractivity contribution in [1.29, 1.82) is 0 Å². The quantitative estimate of drug-likeness (QED) is 0.808. The summed E-state index contributed by atoms with van der Waals surface area (Å²) in [7, 11) is 1.71. The summed E-state index contributed by atoms with van der Waals surface area (Å²) in [6.45, 7) is 5.20. The SMILES string of the molecule is COc1ccc2c3c1OC[C@@H](C)N3[C@@H]1C[C@H](O)[C@@]3(CCO)CCCN4CC[C@@]21[C@H]43. The van der Waals surface area contributed by atoms with Gasteiger partial charge in [0, 0.05) is 29.5 Å². The Morgan fingerprint density at radius 1 is 1.28 bits per heavy atom. The van der Waals surface area contributed by atoms with Crippen LogP contribution in [0.25, 0.3) is 0 Å². The monoisotopic (exact) mass is 400 g/mol. The van der Waals surface area contributed by atoms with E-state index in [1.165, 1.54) is 11.3 Å². The van der Waals surface area contributed by atoms with Gasteiger partial charge in [-0.3, -0.25) is 4.90 Å². The van der Waals surface area contributed by atoms with Gasteiger partial charge >= 0.3 is 0 Å². The average Bonchev–Trinajstić information content (AvgIpc) is 3.25. The van der Waals surface area contributed by atoms with E-state index in [-0.39, 0.29) is 41.7 Å². The van der Waals surface area contributed by atoms with Gasteiger partial charge in [-0.2, -0.15) is 0 Å². The maximum absolute atomic E-state index is 11.5. The molecule has 6 heteroatoms. The molecule has 158 valence electrons. The highest BCUT2D eigenvalue weighted by Crippen LogP contribution is 2.68. The predicted octanol–water partition coefficient (Wildman–Crippen LogP) is 1.90. The van der Waals surface area contributed by atoms with Crippen molar-refractivity contribution in [2.24, 2.45) is 5.41 Å². The number of aliphatic hydroxyl groups excluding tert-OH is 2. The molecule has 1 aliphatic carbocycles. The Balaban J connectivity index is 1.61. The molecule has 2 N–H and O–H groups in total. The maximum atomic E-state index is 11.5. The third-order valence-electron chi connectivity index (χ3n) is 8.93. The molecule has 0 unspecified atom stereocenters. The molecule has 2 saturated heterocycles. The van der Waals surface area contributed by atoms with Gasteiger partial charge in [-0.05, 0) is 63.7 Å². The van der Waals surface area contributed by atoms with Gasteiger partial charge in [0.25, 0.3) is 0 Å². The zero-order valence-electron chi connectivity index (χ0n) is 17.4. The van der Waals surface area contributed by atoms with E-state index in [0.29, 0.717) is 13.0 Å². The van der Waals surface area contributed by atoms with Crippen LogP contribution in [0.2, 0.25) is 0 Å². The molecule has 4 aliphatic heterocycles. The van der Waals surface area contributed by atoms with E-state index in [1.54, 1.807) is 7.11 Å². The number of nitrogens with zero attached hydrogens (tertiary/aromatic N) is 2. The molecule has 6 nitrogen and oxygen atoms in total. The maximum Gasteiger partial charge on any atom is 0.184 e. The Bertz CT molecular complexity index is 842. The van der Waals surface area contributed by atoms with Crippen LogP contribution in [0.15, 0.2) is 12.1 Å². The van der Waals surface area contributed by atoms with Crippen LogP contribution in [0, 0.1) is 5.41 Å². The summed E-state index contributed by atoms with van der Waals surface area (Å²) in [5.74, 6) is 1.68. The van der Waals surface area contributed by atoms with E-state index in [9.17, 15) is 10.2 Å². The molecule has 0 aromatic heterocycles. The Kier molecular flexibility index (Phi) is 3.80. The largest absolute Gasteiger partial charge is 0.493 e. The molecule has 3 fully saturated rings. The van der Waals surface area contributed by atoms with Crippen molar-refractivity contribution in [1.82, 2.24) is 4.90 Å². The van der Waals surface area contributed by atoms with Crippen LogP contribution in [0.4, 0.5) is 5.69 Å². The summed E-state index contributed by atoms with van der Waals surface area (Å²) >= 11 is 0. The van der Waals surface area contributed by atoms with Gasteiger partial charge in [0.05, 0.1) is 24.9 Å². The van der Waals surface area contributed by atoms with Gasteiger partial charge in [0.2, 0.25) is 0 Å². The van der Waals surface area contributed by atoms with Crippen molar-refractivity contribution in [3.05, 3.63) is 17.7 Å². The fourth-order valence-electron chi connectivity index (χ4n) is 8.05. The number of hydrogen-bond donors (Lipinski definition) is 2. The van der Waals surface area contributed by atoms with Crippen LogP contribution in [-0.2, 0) is 5.41 Å². The number of ether oxygens (including phenoxy) is 2. The zero-order chi connectivity index (χ0) is 20.0. The Hall–Kier alpha value is -1.50. The summed E-state index contributed by atoms with van der Waals surface area (Å²) in [5.41, 5.74) is 2.36. The summed E-state index contributed by atoms with van der Waals surface area (Å²) in [6, 6.07) is 5.17. The van der Waals surface area contributed by atoms with Crippen molar-refractivity contribution in [3.8, 4) is 11.5 Å². The van der Waals surface area contributed by atoms with Gasteiger partial charge in [0.15, 0.2) is 11.5 Å². The number of methoxy groups -OCH3 is 1. The predicted molar refractivity (Wildman–Crippen MR) is 110 cm³/mol. The Morgan fingerprint density at radius 2 is 2.14 bits per heavy atom. The first kappa shape index (κ1) is 18.3. The fourth-order valence-corrected chi connectivity index (χ4v) is 8.05. The Labute approximate surface area is 172 Å². The number of benzene rings is 1. The van der Waals surface area contributed by atoms with Crippen LogP contribution >= 0.6 is 0 Å². The number of fused-ring (bicyclic) bond motifs is 1. The summed E-state index contributed by atoms with van der Waals surface area (Å²) in [5, 5.41) is 21.5. The van der Waals surface area contributed by atoms with Gasteiger partial charge < -0.3 is 24.6 Å². The minimum absolute atomic E-state index is 0.00681. The molecule has 6 rings (SSSR count). The average molecular weight is 401 g/mol. The normalized spacial score (nSPS) is 42.1. The van der Waals surface area contributed by atoms with E-state index in [4.69, 9.17) is 9.47 Å². The van der Waals surface area contributed by atoms with Crippen molar-refractivity contribution >= 4 is 5.69 Å². The number of aliphatic hydroxyl groups is 2. The van der Waals surface area contributed by atoms with Gasteiger partial charge in [-0.15, -0.1) is 0 Å². The number of piperidine rings is 1. The molecule has 6 atom stereocenters. The van der Waals surface area contributed by atoms with E-state index in [2.05, 4.69) is 28.9 Å². The van der Waals surface area contributed by atoms with Crippen LogP contribution in [0.1, 0.15) is 44.6 Å². The first-order chi connectivity index (χ1) is 14.1. The second-order valence-electron chi connectivity index (χ2n) is 9.87. The molecule has 1 spiro atoms. The van der Waals surface area contributed by atoms with Crippen LogP contribution < -0.4 is 14.4 Å². The summed E-state index contributed by atoms with van der Waals surface area (Å²) in [4.78, 5) is 5.19. The van der Waals surface area contributed by atoms with Gasteiger partial charge in [-0.1, -0.05) is 6.07 Å². The third kappa shape index (κ3) is 1.99. The molecule has 29 heavy (non-hydrogen) atoms. The van der Waals surface area contributed by atoms with Crippen LogP contribution in [0.5, 0.6) is 11.5 Å². The van der Waals surface area contributed by atoms with Gasteiger partial charge in [0.1, 0.15) is 6.61 Å². The summed E-state index contributed by atoms with van der Waals surface area (Å²) in [6.07, 6.45) is 4.31. The molecule has 1 saturated carbocycles. The Morgan fingerprint density at radius 3 is 2.93 bits per heavy atom. The lowest BCUT2D eigenvalue weighted by atomic mass is 9.51. The lowest BCUT2D eigenvalue weighted by molar-refractivity contribution is -0.127. The molecule has 0 amide bonds. The van der Waals surface area contributed by atoms with Crippen LogP contribution in [0.3, 0.4) is 0 Å². The lowest BCUT2D eigenvalue weighted by Crippen LogP contribution is -2.70. The minimum atomic E-state index is -0.381. The topological polar surface area (TPSA) is 65.4 Å². The molecular formula is C23H32N2O4. The second kappa shape index (κ2) is 6.02. The minimum Gasteiger partial charge on any atom is -0.493 e. The second-order valence-corrected chi connectivity index (χ2v) is 9.87. The van der Waals surface area contributed by atoms with Gasteiger partial charge in [-0.25, -0.2) is 0 Å². The number of hydrogen-bond acceptors (Lipinski definition) is 6. The van der Waals surface area contributed by atoms with Crippen LogP contribution in [-0.4, -0.2) is 72.8 Å². The third-order valence-corrected chi connectivity index (χ3v) is 8.93. The smallest absolute Gasteiger partial charge is 0.184 e.